The molecule has 0 aliphatic rings. The van der Waals surface area contributed by atoms with Gasteiger partial charge in [0.15, 0.2) is 11.6 Å². The summed E-state index contributed by atoms with van der Waals surface area (Å²) in [4.78, 5) is 0. The predicted octanol–water partition coefficient (Wildman–Crippen LogP) is 4.57. The fourth-order valence-electron chi connectivity index (χ4n) is 2.31. The van der Waals surface area contributed by atoms with Crippen molar-refractivity contribution in [3.05, 3.63) is 35.1 Å². The largest absolute Gasteiger partial charge is 0.395 e. The zero-order valence-electron chi connectivity index (χ0n) is 12.8. The third kappa shape index (κ3) is 5.80. The Balaban J connectivity index is 2.48. The average molecular weight is 320 g/mol. The normalized spacial score (nSPS) is 11.9. The first-order valence-corrected chi connectivity index (χ1v) is 9.85. The van der Waals surface area contributed by atoms with E-state index in [0.717, 1.165) is 18.5 Å². The zero-order valence-corrected chi connectivity index (χ0v) is 13.8. The molecule has 1 rings (SSSR count). The number of benzene rings is 1. The summed E-state index contributed by atoms with van der Waals surface area (Å²) >= 11 is 0. The van der Waals surface area contributed by atoms with E-state index in [1.807, 2.05) is 20.4 Å². The summed E-state index contributed by atoms with van der Waals surface area (Å²) in [7, 11) is -2.15. The van der Waals surface area contributed by atoms with Crippen LogP contribution in [0.3, 0.4) is 0 Å². The fraction of sp³-hybridized carbons (Fsp3) is 0.600. The molecule has 0 spiro atoms. The first-order chi connectivity index (χ1) is 9.91. The topological polar surface area (TPSA) is 18.5 Å². The summed E-state index contributed by atoms with van der Waals surface area (Å²) in [6.45, 7) is 7.10. The van der Waals surface area contributed by atoms with E-state index in [0.29, 0.717) is 32.1 Å². The van der Waals surface area contributed by atoms with Crippen LogP contribution in [0.15, 0.2) is 12.1 Å². The highest BCUT2D eigenvalue weighted by molar-refractivity contribution is 6.66. The van der Waals surface area contributed by atoms with Crippen LogP contribution in [-0.2, 0) is 15.3 Å². The molecule has 21 heavy (non-hydrogen) atoms. The Hall–Kier alpha value is -0.853. The molecule has 2 nitrogen and oxygen atoms in total. The quantitative estimate of drug-likeness (QED) is 0.377. The number of halogens is 3. The summed E-state index contributed by atoms with van der Waals surface area (Å²) in [5.41, 5.74) is 0.213. The van der Waals surface area contributed by atoms with Gasteiger partial charge in [-0.25, -0.2) is 13.2 Å². The highest BCUT2D eigenvalue weighted by atomic mass is 28.4. The lowest BCUT2D eigenvalue weighted by Gasteiger charge is -2.25. The molecule has 0 saturated carbocycles. The van der Waals surface area contributed by atoms with Gasteiger partial charge in [0.1, 0.15) is 5.82 Å². The van der Waals surface area contributed by atoms with Crippen molar-refractivity contribution >= 4 is 8.56 Å². The fourth-order valence-corrected chi connectivity index (χ4v) is 4.80. The van der Waals surface area contributed by atoms with Crippen molar-refractivity contribution in [3.63, 3.8) is 0 Å². The van der Waals surface area contributed by atoms with Crippen LogP contribution < -0.4 is 0 Å². The van der Waals surface area contributed by atoms with Gasteiger partial charge in [0.25, 0.3) is 0 Å². The summed E-state index contributed by atoms with van der Waals surface area (Å²) in [5.74, 6) is -2.85. The molecule has 120 valence electrons. The SMILES string of the molecule is CCO[Si](C)(CCCCc1cc(F)c(F)cc1F)OCC. The maximum absolute atomic E-state index is 13.5. The lowest BCUT2D eigenvalue weighted by Crippen LogP contribution is -2.38. The second kappa shape index (κ2) is 8.56. The van der Waals surface area contributed by atoms with E-state index in [1.165, 1.54) is 0 Å². The summed E-state index contributed by atoms with van der Waals surface area (Å²) in [6, 6.07) is 2.34. The molecule has 0 bridgehead atoms. The molecule has 1 aromatic rings. The van der Waals surface area contributed by atoms with Crippen LogP contribution >= 0.6 is 0 Å². The zero-order chi connectivity index (χ0) is 15.9. The van der Waals surface area contributed by atoms with E-state index in [4.69, 9.17) is 8.85 Å². The molecule has 0 saturated heterocycles. The van der Waals surface area contributed by atoms with Gasteiger partial charge >= 0.3 is 8.56 Å². The third-order valence-electron chi connectivity index (χ3n) is 3.32. The highest BCUT2D eigenvalue weighted by Crippen LogP contribution is 2.20. The Morgan fingerprint density at radius 2 is 1.48 bits per heavy atom. The molecular weight excluding hydrogens is 297 g/mol. The van der Waals surface area contributed by atoms with E-state index in [-0.39, 0.29) is 5.56 Å². The molecule has 0 aliphatic heterocycles. The second-order valence-corrected chi connectivity index (χ2v) is 8.41. The van der Waals surface area contributed by atoms with Gasteiger partial charge < -0.3 is 8.85 Å². The molecule has 6 heteroatoms. The minimum atomic E-state index is -2.15. The minimum Gasteiger partial charge on any atom is -0.395 e. The molecule has 0 atom stereocenters. The predicted molar refractivity (Wildman–Crippen MR) is 78.9 cm³/mol. The average Bonchev–Trinajstić information content (AvgIpc) is 2.41. The van der Waals surface area contributed by atoms with Crippen LogP contribution in [0.2, 0.25) is 12.6 Å². The van der Waals surface area contributed by atoms with E-state index in [2.05, 4.69) is 0 Å². The summed E-state index contributed by atoms with van der Waals surface area (Å²) < 4.78 is 50.8. The highest BCUT2D eigenvalue weighted by Gasteiger charge is 2.29. The van der Waals surface area contributed by atoms with Gasteiger partial charge in [0.2, 0.25) is 0 Å². The van der Waals surface area contributed by atoms with Crippen molar-refractivity contribution in [1.82, 2.24) is 0 Å². The molecule has 0 amide bonds. The maximum Gasteiger partial charge on any atom is 0.334 e. The Bertz CT molecular complexity index is 449. The van der Waals surface area contributed by atoms with Crippen LogP contribution in [0.25, 0.3) is 0 Å². The van der Waals surface area contributed by atoms with Crippen molar-refractivity contribution in [2.24, 2.45) is 0 Å². The Morgan fingerprint density at radius 3 is 2.05 bits per heavy atom. The van der Waals surface area contributed by atoms with Gasteiger partial charge in [-0.05, 0) is 50.9 Å². The minimum absolute atomic E-state index is 0.213. The standard InChI is InChI=1S/C15H23F3O2Si/c1-4-19-21(3,20-5-2)9-7-6-8-12-10-14(17)15(18)11-13(12)16/h10-11H,4-9H2,1-3H3. The summed E-state index contributed by atoms with van der Waals surface area (Å²) in [6.07, 6.45) is 1.87. The molecule has 0 aliphatic carbocycles. The number of unbranched alkanes of at least 4 members (excludes halogenated alkanes) is 1. The van der Waals surface area contributed by atoms with Gasteiger partial charge in [0, 0.05) is 19.3 Å². The molecule has 0 radical (unpaired) electrons. The Labute approximate surface area is 125 Å². The summed E-state index contributed by atoms with van der Waals surface area (Å²) in [5, 5.41) is 0. The van der Waals surface area contributed by atoms with Crippen LogP contribution in [0.5, 0.6) is 0 Å². The van der Waals surface area contributed by atoms with Crippen molar-refractivity contribution in [2.45, 2.75) is 45.7 Å². The van der Waals surface area contributed by atoms with Crippen LogP contribution in [0.4, 0.5) is 13.2 Å². The third-order valence-corrected chi connectivity index (χ3v) is 6.38. The van der Waals surface area contributed by atoms with Gasteiger partial charge in [-0.3, -0.25) is 0 Å². The van der Waals surface area contributed by atoms with Crippen molar-refractivity contribution in [3.8, 4) is 0 Å². The van der Waals surface area contributed by atoms with Crippen LogP contribution in [0.1, 0.15) is 32.3 Å². The van der Waals surface area contributed by atoms with E-state index < -0.39 is 26.0 Å². The van der Waals surface area contributed by atoms with Crippen molar-refractivity contribution < 1.29 is 22.0 Å². The maximum atomic E-state index is 13.5. The molecule has 0 unspecified atom stereocenters. The van der Waals surface area contributed by atoms with E-state index >= 15 is 0 Å². The molecule has 0 aromatic heterocycles. The lowest BCUT2D eigenvalue weighted by atomic mass is 10.1. The number of aryl methyl sites for hydroxylation is 1. The van der Waals surface area contributed by atoms with Crippen molar-refractivity contribution in [1.29, 1.82) is 0 Å². The second-order valence-electron chi connectivity index (χ2n) is 5.06. The Morgan fingerprint density at radius 1 is 0.905 bits per heavy atom. The van der Waals surface area contributed by atoms with Crippen LogP contribution in [0, 0.1) is 17.5 Å². The molecule has 1 aromatic carbocycles. The Kier molecular flexibility index (Phi) is 7.41. The van der Waals surface area contributed by atoms with Gasteiger partial charge in [-0.15, -0.1) is 0 Å². The van der Waals surface area contributed by atoms with Gasteiger partial charge in [-0.2, -0.15) is 0 Å². The van der Waals surface area contributed by atoms with Gasteiger partial charge in [0.05, 0.1) is 0 Å². The van der Waals surface area contributed by atoms with Crippen LogP contribution in [-0.4, -0.2) is 21.8 Å². The molecule has 0 N–H and O–H groups in total. The van der Waals surface area contributed by atoms with Crippen molar-refractivity contribution in [2.75, 3.05) is 13.2 Å². The molecule has 0 heterocycles. The number of hydrogen-bond donors (Lipinski definition) is 0. The smallest absolute Gasteiger partial charge is 0.334 e. The lowest BCUT2D eigenvalue weighted by molar-refractivity contribution is 0.188. The number of rotatable bonds is 9. The first-order valence-electron chi connectivity index (χ1n) is 7.33. The molecule has 0 fully saturated rings. The first kappa shape index (κ1) is 18.2. The molecular formula is C15H23F3O2Si. The monoisotopic (exact) mass is 320 g/mol. The number of hydrogen-bond acceptors (Lipinski definition) is 2. The van der Waals surface area contributed by atoms with Gasteiger partial charge in [-0.1, -0.05) is 6.42 Å². The van der Waals surface area contributed by atoms with E-state index in [1.54, 1.807) is 0 Å². The van der Waals surface area contributed by atoms with E-state index in [9.17, 15) is 13.2 Å².